The fourth-order valence-corrected chi connectivity index (χ4v) is 2.11. The molecule has 4 heteroatoms. The molecule has 1 aromatic rings. The molecule has 1 heterocycles. The first-order valence-electron chi connectivity index (χ1n) is 5.74. The number of carbonyl (C=O) groups excluding carboxylic acids is 2. The number of benzene rings is 1. The second-order valence-corrected chi connectivity index (χ2v) is 4.33. The van der Waals surface area contributed by atoms with Crippen molar-refractivity contribution in [3.8, 4) is 0 Å². The predicted molar refractivity (Wildman–Crippen MR) is 65.5 cm³/mol. The summed E-state index contributed by atoms with van der Waals surface area (Å²) in [6.07, 6.45) is 0.312. The molecule has 1 atom stereocenters. The molecule has 0 saturated carbocycles. The van der Waals surface area contributed by atoms with Gasteiger partial charge in [0.2, 0.25) is 11.8 Å². The van der Waals surface area contributed by atoms with E-state index in [4.69, 9.17) is 0 Å². The van der Waals surface area contributed by atoms with Crippen LogP contribution in [0.25, 0.3) is 0 Å². The molecular formula is C13H16N2O2. The molecule has 4 nitrogen and oxygen atoms in total. The average molecular weight is 232 g/mol. The zero-order chi connectivity index (χ0) is 12.4. The van der Waals surface area contributed by atoms with Crippen molar-refractivity contribution >= 4 is 17.5 Å². The second-order valence-electron chi connectivity index (χ2n) is 4.33. The van der Waals surface area contributed by atoms with Gasteiger partial charge in [-0.2, -0.15) is 0 Å². The van der Waals surface area contributed by atoms with Crippen LogP contribution < -0.4 is 10.2 Å². The van der Waals surface area contributed by atoms with Crippen molar-refractivity contribution in [3.63, 3.8) is 0 Å². The molecule has 1 aliphatic heterocycles. The molecule has 2 rings (SSSR count). The number of para-hydroxylation sites is 1. The van der Waals surface area contributed by atoms with Crippen molar-refractivity contribution in [2.24, 2.45) is 5.92 Å². The van der Waals surface area contributed by atoms with E-state index in [9.17, 15) is 9.59 Å². The standard InChI is InChI=1S/C13H16N2O2/c1-9-7-12(16)15(13(9)17)11-6-4-3-5-10(11)8-14-2/h3-6,9,14H,7-8H2,1-2H3. The van der Waals surface area contributed by atoms with E-state index >= 15 is 0 Å². The Morgan fingerprint density at radius 1 is 1.35 bits per heavy atom. The summed E-state index contributed by atoms with van der Waals surface area (Å²) >= 11 is 0. The third-order valence-corrected chi connectivity index (χ3v) is 2.97. The van der Waals surface area contributed by atoms with Gasteiger partial charge in [0.05, 0.1) is 5.69 Å². The number of nitrogens with zero attached hydrogens (tertiary/aromatic N) is 1. The van der Waals surface area contributed by atoms with E-state index in [1.54, 1.807) is 6.92 Å². The Kier molecular flexibility index (Phi) is 3.24. The summed E-state index contributed by atoms with van der Waals surface area (Å²) in [6.45, 7) is 2.43. The maximum absolute atomic E-state index is 12.0. The van der Waals surface area contributed by atoms with Crippen molar-refractivity contribution in [1.82, 2.24) is 5.32 Å². The topological polar surface area (TPSA) is 49.4 Å². The van der Waals surface area contributed by atoms with Crippen LogP contribution in [0.15, 0.2) is 24.3 Å². The van der Waals surface area contributed by atoms with E-state index in [0.717, 1.165) is 5.56 Å². The lowest BCUT2D eigenvalue weighted by Crippen LogP contribution is -2.31. The highest BCUT2D eigenvalue weighted by Gasteiger charge is 2.37. The average Bonchev–Trinajstić information content (AvgIpc) is 2.55. The van der Waals surface area contributed by atoms with Gasteiger partial charge >= 0.3 is 0 Å². The van der Waals surface area contributed by atoms with Crippen LogP contribution in [-0.4, -0.2) is 18.9 Å². The van der Waals surface area contributed by atoms with Crippen LogP contribution >= 0.6 is 0 Å². The van der Waals surface area contributed by atoms with Crippen molar-refractivity contribution in [1.29, 1.82) is 0 Å². The minimum atomic E-state index is -0.204. The summed E-state index contributed by atoms with van der Waals surface area (Å²) in [4.78, 5) is 25.1. The lowest BCUT2D eigenvalue weighted by Gasteiger charge is -2.18. The van der Waals surface area contributed by atoms with Gasteiger partial charge in [-0.25, -0.2) is 4.90 Å². The maximum Gasteiger partial charge on any atom is 0.237 e. The number of amides is 2. The Hall–Kier alpha value is -1.68. The number of imide groups is 1. The van der Waals surface area contributed by atoms with E-state index in [1.807, 2.05) is 31.3 Å². The van der Waals surface area contributed by atoms with Crippen LogP contribution in [0.1, 0.15) is 18.9 Å². The number of anilines is 1. The number of hydrogen-bond acceptors (Lipinski definition) is 3. The first-order chi connectivity index (χ1) is 8.15. The van der Waals surface area contributed by atoms with Crippen molar-refractivity contribution in [2.75, 3.05) is 11.9 Å². The van der Waals surface area contributed by atoms with Crippen LogP contribution in [0.2, 0.25) is 0 Å². The minimum absolute atomic E-state index is 0.0986. The number of rotatable bonds is 3. The molecule has 1 aliphatic rings. The molecule has 1 unspecified atom stereocenters. The highest BCUT2D eigenvalue weighted by Crippen LogP contribution is 2.28. The molecule has 1 fully saturated rings. The molecule has 0 bridgehead atoms. The SMILES string of the molecule is CNCc1ccccc1N1C(=O)CC(C)C1=O. The molecule has 0 aromatic heterocycles. The zero-order valence-corrected chi connectivity index (χ0v) is 10.1. The Morgan fingerprint density at radius 2 is 2.06 bits per heavy atom. The fraction of sp³-hybridized carbons (Fsp3) is 0.385. The van der Waals surface area contributed by atoms with Gasteiger partial charge < -0.3 is 5.32 Å². The monoisotopic (exact) mass is 232 g/mol. The molecule has 17 heavy (non-hydrogen) atoms. The first-order valence-corrected chi connectivity index (χ1v) is 5.74. The molecule has 2 amide bonds. The van der Waals surface area contributed by atoms with Gasteiger partial charge in [0.25, 0.3) is 0 Å². The molecule has 0 radical (unpaired) electrons. The second kappa shape index (κ2) is 4.67. The van der Waals surface area contributed by atoms with Gasteiger partial charge in [0, 0.05) is 18.9 Å². The van der Waals surface area contributed by atoms with Gasteiger partial charge in [-0.1, -0.05) is 25.1 Å². The van der Waals surface area contributed by atoms with Gasteiger partial charge in [-0.15, -0.1) is 0 Å². The van der Waals surface area contributed by atoms with Gasteiger partial charge in [0.1, 0.15) is 0 Å². The van der Waals surface area contributed by atoms with Crippen molar-refractivity contribution in [2.45, 2.75) is 19.9 Å². The highest BCUT2D eigenvalue weighted by molar-refractivity contribution is 6.21. The molecule has 90 valence electrons. The lowest BCUT2D eigenvalue weighted by molar-refractivity contribution is -0.122. The fourth-order valence-electron chi connectivity index (χ4n) is 2.11. The smallest absolute Gasteiger partial charge is 0.237 e. The maximum atomic E-state index is 12.0. The normalized spacial score (nSPS) is 20.1. The van der Waals surface area contributed by atoms with E-state index in [0.29, 0.717) is 18.7 Å². The Morgan fingerprint density at radius 3 is 2.65 bits per heavy atom. The summed E-state index contributed by atoms with van der Waals surface area (Å²) in [6, 6.07) is 7.50. The van der Waals surface area contributed by atoms with Crippen LogP contribution in [0.5, 0.6) is 0 Å². The van der Waals surface area contributed by atoms with E-state index < -0.39 is 0 Å². The molecule has 1 N–H and O–H groups in total. The highest BCUT2D eigenvalue weighted by atomic mass is 16.2. The summed E-state index contributed by atoms with van der Waals surface area (Å²) in [7, 11) is 1.84. The van der Waals surface area contributed by atoms with E-state index in [2.05, 4.69) is 5.32 Å². The lowest BCUT2D eigenvalue weighted by atomic mass is 10.1. The number of hydrogen-bond donors (Lipinski definition) is 1. The number of carbonyl (C=O) groups is 2. The summed E-state index contributed by atoms with van der Waals surface area (Å²) in [5.74, 6) is -0.408. The molecule has 0 spiro atoms. The van der Waals surface area contributed by atoms with Crippen LogP contribution in [0, 0.1) is 5.92 Å². The Labute approximate surface area is 101 Å². The van der Waals surface area contributed by atoms with Crippen molar-refractivity contribution < 1.29 is 9.59 Å². The largest absolute Gasteiger partial charge is 0.316 e. The van der Waals surface area contributed by atoms with Gasteiger partial charge in [-0.05, 0) is 18.7 Å². The summed E-state index contributed by atoms with van der Waals surface area (Å²) in [5.41, 5.74) is 1.67. The molecule has 1 aromatic carbocycles. The number of nitrogens with one attached hydrogen (secondary N) is 1. The van der Waals surface area contributed by atoms with Gasteiger partial charge in [0.15, 0.2) is 0 Å². The quantitative estimate of drug-likeness (QED) is 0.799. The summed E-state index contributed by atoms with van der Waals surface area (Å²) in [5, 5.41) is 3.04. The molecule has 0 aliphatic carbocycles. The van der Waals surface area contributed by atoms with E-state index in [1.165, 1.54) is 4.90 Å². The van der Waals surface area contributed by atoms with E-state index in [-0.39, 0.29) is 17.7 Å². The third-order valence-electron chi connectivity index (χ3n) is 2.97. The van der Waals surface area contributed by atoms with Crippen LogP contribution in [0.4, 0.5) is 5.69 Å². The van der Waals surface area contributed by atoms with Crippen molar-refractivity contribution in [3.05, 3.63) is 29.8 Å². The Bertz CT molecular complexity index is 456. The molecular weight excluding hydrogens is 216 g/mol. The summed E-state index contributed by atoms with van der Waals surface area (Å²) < 4.78 is 0. The zero-order valence-electron chi connectivity index (χ0n) is 10.1. The predicted octanol–water partition coefficient (Wildman–Crippen LogP) is 1.31. The first kappa shape index (κ1) is 11.8. The molecule has 1 saturated heterocycles. The third kappa shape index (κ3) is 2.08. The minimum Gasteiger partial charge on any atom is -0.316 e. The van der Waals surface area contributed by atoms with Crippen LogP contribution in [-0.2, 0) is 16.1 Å². The van der Waals surface area contributed by atoms with Gasteiger partial charge in [-0.3, -0.25) is 9.59 Å². The van der Waals surface area contributed by atoms with Crippen LogP contribution in [0.3, 0.4) is 0 Å². The Balaban J connectivity index is 2.40.